The Labute approximate surface area is 435 Å². The molecular formula is C69H43N5O2. The second-order valence-electron chi connectivity index (χ2n) is 19.8. The van der Waals surface area contributed by atoms with Crippen LogP contribution in [0.15, 0.2) is 239 Å². The first-order chi connectivity index (χ1) is 37.7. The highest BCUT2D eigenvalue weighted by molar-refractivity contribution is 6.24. The zero-order valence-electron chi connectivity index (χ0n) is 41.0. The van der Waals surface area contributed by atoms with Crippen molar-refractivity contribution in [3.05, 3.63) is 242 Å². The second-order valence-corrected chi connectivity index (χ2v) is 19.8. The molecule has 76 heavy (non-hydrogen) atoms. The number of nitrogens with zero attached hydrogens (tertiary/aromatic N) is 5. The van der Waals surface area contributed by atoms with E-state index in [1.165, 1.54) is 38.4 Å². The average molecular weight is 974 g/mol. The minimum atomic E-state index is 0.537. The molecule has 7 nitrogen and oxygen atoms in total. The molecule has 1 aliphatic rings. The highest BCUT2D eigenvalue weighted by Crippen LogP contribution is 2.48. The van der Waals surface area contributed by atoms with Gasteiger partial charge < -0.3 is 18.0 Å². The Kier molecular flexibility index (Phi) is 9.32. The predicted molar refractivity (Wildman–Crippen MR) is 310 cm³/mol. The first-order valence-corrected chi connectivity index (χ1v) is 25.9. The van der Waals surface area contributed by atoms with E-state index in [1.54, 1.807) is 0 Å². The molecule has 0 amide bonds. The summed E-state index contributed by atoms with van der Waals surface area (Å²) in [7, 11) is 0. The average Bonchev–Trinajstić information content (AvgIpc) is 4.38. The van der Waals surface area contributed by atoms with Crippen LogP contribution in [0, 0.1) is 0 Å². The molecule has 5 aromatic heterocycles. The van der Waals surface area contributed by atoms with Crippen LogP contribution >= 0.6 is 0 Å². The summed E-state index contributed by atoms with van der Waals surface area (Å²) < 4.78 is 17.9. The summed E-state index contributed by atoms with van der Waals surface area (Å²) >= 11 is 0. The summed E-state index contributed by atoms with van der Waals surface area (Å²) in [5, 5.41) is 7.95. The number of benzene rings is 10. The van der Waals surface area contributed by atoms with E-state index in [2.05, 4.69) is 209 Å². The van der Waals surface area contributed by atoms with Crippen LogP contribution in [0.4, 0.5) is 0 Å². The molecule has 15 aromatic rings. The Balaban J connectivity index is 0.981. The number of allylic oxidation sites excluding steroid dienone is 1. The zero-order valence-corrected chi connectivity index (χ0v) is 41.0. The number of aromatic nitrogens is 5. The van der Waals surface area contributed by atoms with Crippen molar-refractivity contribution < 1.29 is 8.83 Å². The van der Waals surface area contributed by atoms with E-state index in [1.807, 2.05) is 36.4 Å². The van der Waals surface area contributed by atoms with Gasteiger partial charge in [0.05, 0.1) is 22.2 Å². The Hall–Kier alpha value is -10.1. The highest BCUT2D eigenvalue weighted by Gasteiger charge is 2.28. The largest absolute Gasteiger partial charge is 0.456 e. The number of para-hydroxylation sites is 4. The van der Waals surface area contributed by atoms with Gasteiger partial charge in [0.2, 0.25) is 0 Å². The zero-order chi connectivity index (χ0) is 49.8. The van der Waals surface area contributed by atoms with Crippen LogP contribution < -0.4 is 0 Å². The summed E-state index contributed by atoms with van der Waals surface area (Å²) in [6, 6.07) is 79.2. The molecular weight excluding hydrogens is 931 g/mol. The molecule has 0 atom stereocenters. The van der Waals surface area contributed by atoms with Crippen LogP contribution in [0.2, 0.25) is 0 Å². The standard InChI is InChI=1S/C69H43N5O2/c1-4-18-42(19-5-1)54-38-46(69-71-67(44-32-34-50-48-24-12-16-30-60(48)75-62(50)40-44)70-68(72-69)45-33-35-51-49-25-13-17-31-61(49)76-63(51)41-45)39-55(43-20-6-2-7-21-43)66(54)74-57-29-15-11-27-53(57)65-59(74)37-36-58-64(65)52-26-10-14-28-56(52)73(58)47-22-8-3-9-23-47/h1-14,16-28,30-41H,15,29H2. The lowest BCUT2D eigenvalue weighted by Gasteiger charge is -2.23. The molecule has 0 N–H and O–H groups in total. The fourth-order valence-electron chi connectivity index (χ4n) is 12.0. The van der Waals surface area contributed by atoms with Crippen LogP contribution in [0.1, 0.15) is 17.7 Å². The number of hydrogen-bond donors (Lipinski definition) is 0. The molecule has 0 saturated heterocycles. The van der Waals surface area contributed by atoms with Crippen molar-refractivity contribution in [2.24, 2.45) is 0 Å². The fraction of sp³-hybridized carbons (Fsp3) is 0.0290. The third-order valence-corrected chi connectivity index (χ3v) is 15.4. The molecule has 0 bridgehead atoms. The lowest BCUT2D eigenvalue weighted by molar-refractivity contribution is 0.668. The van der Waals surface area contributed by atoms with Crippen LogP contribution in [-0.2, 0) is 6.42 Å². The monoisotopic (exact) mass is 973 g/mol. The third-order valence-electron chi connectivity index (χ3n) is 15.4. The van der Waals surface area contributed by atoms with E-state index in [9.17, 15) is 0 Å². The maximum atomic E-state index is 6.44. The van der Waals surface area contributed by atoms with Gasteiger partial charge >= 0.3 is 0 Å². The minimum Gasteiger partial charge on any atom is -0.456 e. The van der Waals surface area contributed by atoms with Crippen molar-refractivity contribution in [1.82, 2.24) is 24.1 Å². The Morgan fingerprint density at radius 1 is 0.355 bits per heavy atom. The van der Waals surface area contributed by atoms with Crippen molar-refractivity contribution in [2.45, 2.75) is 12.8 Å². The van der Waals surface area contributed by atoms with Gasteiger partial charge in [-0.2, -0.15) is 0 Å². The van der Waals surface area contributed by atoms with E-state index >= 15 is 0 Å². The quantitative estimate of drug-likeness (QED) is 0.159. The third kappa shape index (κ3) is 6.52. The summed E-state index contributed by atoms with van der Waals surface area (Å²) in [6.45, 7) is 0. The fourth-order valence-corrected chi connectivity index (χ4v) is 12.0. The highest BCUT2D eigenvalue weighted by atomic mass is 16.3. The van der Waals surface area contributed by atoms with E-state index in [-0.39, 0.29) is 0 Å². The number of furan rings is 2. The smallest absolute Gasteiger partial charge is 0.164 e. The van der Waals surface area contributed by atoms with Crippen LogP contribution in [-0.4, -0.2) is 24.1 Å². The van der Waals surface area contributed by atoms with Crippen molar-refractivity contribution in [1.29, 1.82) is 0 Å². The molecule has 7 heteroatoms. The lowest BCUT2D eigenvalue weighted by Crippen LogP contribution is -2.07. The summed E-state index contributed by atoms with van der Waals surface area (Å²) in [6.07, 6.45) is 6.53. The van der Waals surface area contributed by atoms with Gasteiger partial charge in [0, 0.05) is 82.5 Å². The Morgan fingerprint density at radius 2 is 0.842 bits per heavy atom. The molecule has 0 radical (unpaired) electrons. The van der Waals surface area contributed by atoms with Gasteiger partial charge in [0.1, 0.15) is 22.3 Å². The van der Waals surface area contributed by atoms with Gasteiger partial charge in [-0.15, -0.1) is 0 Å². The van der Waals surface area contributed by atoms with E-state index < -0.39 is 0 Å². The van der Waals surface area contributed by atoms with Gasteiger partial charge in [0.25, 0.3) is 0 Å². The maximum Gasteiger partial charge on any atom is 0.164 e. The van der Waals surface area contributed by atoms with Gasteiger partial charge in [-0.1, -0.05) is 158 Å². The summed E-state index contributed by atoms with van der Waals surface area (Å²) in [5.74, 6) is 1.62. The molecule has 1 aliphatic carbocycles. The van der Waals surface area contributed by atoms with Crippen LogP contribution in [0.5, 0.6) is 0 Å². The van der Waals surface area contributed by atoms with Gasteiger partial charge in [-0.3, -0.25) is 0 Å². The molecule has 0 saturated carbocycles. The van der Waals surface area contributed by atoms with E-state index in [4.69, 9.17) is 23.8 Å². The minimum absolute atomic E-state index is 0.537. The Morgan fingerprint density at radius 3 is 1.43 bits per heavy atom. The molecule has 0 aliphatic heterocycles. The van der Waals surface area contributed by atoms with Crippen LogP contribution in [0.3, 0.4) is 0 Å². The molecule has 0 spiro atoms. The van der Waals surface area contributed by atoms with Gasteiger partial charge in [0.15, 0.2) is 17.5 Å². The molecule has 0 unspecified atom stereocenters. The molecule has 0 fully saturated rings. The van der Waals surface area contributed by atoms with E-state index in [0.29, 0.717) is 17.5 Å². The number of fused-ring (bicyclic) bond motifs is 13. The first kappa shape index (κ1) is 42.4. The van der Waals surface area contributed by atoms with Crippen molar-refractivity contribution >= 4 is 82.7 Å². The van der Waals surface area contributed by atoms with Crippen molar-refractivity contribution in [3.8, 4) is 67.8 Å². The molecule has 10 aromatic carbocycles. The first-order valence-electron chi connectivity index (χ1n) is 25.9. The van der Waals surface area contributed by atoms with Crippen LogP contribution in [0.25, 0.3) is 150 Å². The number of rotatable bonds is 7. The van der Waals surface area contributed by atoms with Gasteiger partial charge in [-0.05, 0) is 103 Å². The van der Waals surface area contributed by atoms with Crippen molar-refractivity contribution in [3.63, 3.8) is 0 Å². The molecule has 5 heterocycles. The predicted octanol–water partition coefficient (Wildman–Crippen LogP) is 18.0. The number of hydrogen-bond acceptors (Lipinski definition) is 5. The lowest BCUT2D eigenvalue weighted by atomic mass is 9.92. The molecule has 16 rings (SSSR count). The SMILES string of the molecule is C1=Cc2c(n(-c3c(-c4ccccc4)cc(-c4nc(-c5ccc6c(c5)oc5ccccc56)nc(-c5ccc6c(c5)oc5ccccc56)n4)cc3-c3ccccc3)c3ccc4c(c5ccccc5n4-c4ccccc4)c23)CC1. The maximum absolute atomic E-state index is 6.44. The summed E-state index contributed by atoms with van der Waals surface area (Å²) in [4.78, 5) is 16.1. The van der Waals surface area contributed by atoms with Crippen molar-refractivity contribution in [2.75, 3.05) is 0 Å². The van der Waals surface area contributed by atoms with E-state index in [0.717, 1.165) is 113 Å². The Bertz CT molecular complexity index is 4670. The second kappa shape index (κ2) is 16.7. The normalized spacial score (nSPS) is 12.6. The topological polar surface area (TPSA) is 74.8 Å². The van der Waals surface area contributed by atoms with Gasteiger partial charge in [-0.25, -0.2) is 15.0 Å². The summed E-state index contributed by atoms with van der Waals surface area (Å²) in [5.41, 5.74) is 18.3. The molecule has 356 valence electrons.